The number of benzene rings is 2. The van der Waals surface area contributed by atoms with Gasteiger partial charge < -0.3 is 15.4 Å². The van der Waals surface area contributed by atoms with E-state index in [0.717, 1.165) is 11.1 Å². The summed E-state index contributed by atoms with van der Waals surface area (Å²) in [5.74, 6) is 0. The van der Waals surface area contributed by atoms with Crippen LogP contribution in [-0.2, 0) is 24.8 Å². The van der Waals surface area contributed by atoms with Gasteiger partial charge in [-0.05, 0) is 49.2 Å². The minimum atomic E-state index is -3.99. The number of rotatable bonds is 10. The first-order valence-corrected chi connectivity index (χ1v) is 12.8. The number of aryl methyl sites for hydroxylation is 2. The molecule has 13 heteroatoms. The first-order valence-electron chi connectivity index (χ1n) is 9.82. The number of amides is 4. The van der Waals surface area contributed by atoms with Crippen LogP contribution < -0.4 is 20.1 Å². The minimum absolute atomic E-state index is 0.0170. The molecule has 0 aromatic heterocycles. The normalized spacial score (nSPS) is 11.5. The Morgan fingerprint density at radius 2 is 1.12 bits per heavy atom. The van der Waals surface area contributed by atoms with Crippen LogP contribution in [-0.4, -0.2) is 55.2 Å². The number of urea groups is 2. The Balaban J connectivity index is 1.63. The van der Waals surface area contributed by atoms with Crippen molar-refractivity contribution in [3.05, 3.63) is 59.7 Å². The third-order valence-electron chi connectivity index (χ3n) is 4.12. The van der Waals surface area contributed by atoms with E-state index in [9.17, 15) is 26.4 Å². The zero-order valence-corrected chi connectivity index (χ0v) is 19.8. The van der Waals surface area contributed by atoms with Crippen LogP contribution in [0.2, 0.25) is 0 Å². The van der Waals surface area contributed by atoms with Crippen molar-refractivity contribution in [2.45, 2.75) is 23.6 Å². The number of carbonyl (C=O) groups is 2. The van der Waals surface area contributed by atoms with Crippen molar-refractivity contribution in [3.8, 4) is 0 Å². The first kappa shape index (κ1) is 26.1. The maximum absolute atomic E-state index is 12.1. The molecule has 2 aromatic rings. The molecule has 11 nitrogen and oxygen atoms in total. The molecule has 2 aromatic carbocycles. The van der Waals surface area contributed by atoms with E-state index in [1.807, 2.05) is 9.44 Å². The molecule has 0 unspecified atom stereocenters. The maximum atomic E-state index is 12.1. The van der Waals surface area contributed by atoms with Crippen LogP contribution >= 0.6 is 0 Å². The van der Waals surface area contributed by atoms with Crippen molar-refractivity contribution < 1.29 is 31.2 Å². The topological polar surface area (TPSA) is 160 Å². The third kappa shape index (κ3) is 8.71. The van der Waals surface area contributed by atoms with Gasteiger partial charge in [-0.1, -0.05) is 24.3 Å². The molecule has 0 bridgehead atoms. The van der Waals surface area contributed by atoms with Crippen LogP contribution in [0.25, 0.3) is 0 Å². The van der Waals surface area contributed by atoms with E-state index in [0.29, 0.717) is 0 Å². The fourth-order valence-electron chi connectivity index (χ4n) is 2.57. The van der Waals surface area contributed by atoms with Crippen molar-refractivity contribution in [2.75, 3.05) is 26.3 Å². The average molecular weight is 499 g/mol. The number of hydrogen-bond donors (Lipinski definition) is 4. The predicted molar refractivity (Wildman–Crippen MR) is 121 cm³/mol. The summed E-state index contributed by atoms with van der Waals surface area (Å²) >= 11 is 0. The van der Waals surface area contributed by atoms with E-state index in [2.05, 4.69) is 10.6 Å². The maximum Gasteiger partial charge on any atom is 0.328 e. The molecular weight excluding hydrogens is 472 g/mol. The van der Waals surface area contributed by atoms with E-state index in [1.165, 1.54) is 24.3 Å². The highest BCUT2D eigenvalue weighted by Crippen LogP contribution is 2.11. The van der Waals surface area contributed by atoms with Crippen LogP contribution in [0.5, 0.6) is 0 Å². The highest BCUT2D eigenvalue weighted by Gasteiger charge is 2.18. The van der Waals surface area contributed by atoms with E-state index in [-0.39, 0.29) is 36.1 Å². The quantitative estimate of drug-likeness (QED) is 0.355. The van der Waals surface area contributed by atoms with Gasteiger partial charge in [-0.25, -0.2) is 35.9 Å². The lowest BCUT2D eigenvalue weighted by Crippen LogP contribution is -2.41. The van der Waals surface area contributed by atoms with Gasteiger partial charge in [-0.15, -0.1) is 0 Å². The Labute approximate surface area is 193 Å². The second kappa shape index (κ2) is 11.6. The van der Waals surface area contributed by atoms with Gasteiger partial charge in [0.15, 0.2) is 0 Å². The van der Waals surface area contributed by atoms with Crippen molar-refractivity contribution in [2.24, 2.45) is 0 Å². The molecule has 0 aliphatic carbocycles. The third-order valence-corrected chi connectivity index (χ3v) is 6.78. The van der Waals surface area contributed by atoms with Gasteiger partial charge in [0.1, 0.15) is 0 Å². The van der Waals surface area contributed by atoms with Gasteiger partial charge in [-0.3, -0.25) is 0 Å². The monoisotopic (exact) mass is 498 g/mol. The van der Waals surface area contributed by atoms with E-state index in [4.69, 9.17) is 4.74 Å². The number of ether oxygens (including phenoxy) is 1. The van der Waals surface area contributed by atoms with Gasteiger partial charge in [-0.2, -0.15) is 0 Å². The molecule has 0 saturated carbocycles. The number of hydrogen-bond acceptors (Lipinski definition) is 7. The molecule has 33 heavy (non-hydrogen) atoms. The number of carbonyl (C=O) groups excluding carboxylic acids is 2. The molecule has 0 radical (unpaired) electrons. The van der Waals surface area contributed by atoms with Gasteiger partial charge in [0.2, 0.25) is 0 Å². The van der Waals surface area contributed by atoms with Crippen LogP contribution in [0.1, 0.15) is 11.1 Å². The zero-order valence-electron chi connectivity index (χ0n) is 18.1. The fraction of sp³-hybridized carbons (Fsp3) is 0.300. The molecule has 0 spiro atoms. The van der Waals surface area contributed by atoms with Crippen molar-refractivity contribution >= 4 is 32.1 Å². The molecule has 0 atom stereocenters. The summed E-state index contributed by atoms with van der Waals surface area (Å²) in [7, 11) is -7.97. The van der Waals surface area contributed by atoms with Crippen molar-refractivity contribution in [1.82, 2.24) is 20.1 Å². The van der Waals surface area contributed by atoms with Gasteiger partial charge in [0.25, 0.3) is 20.0 Å². The van der Waals surface area contributed by atoms with E-state index in [1.54, 1.807) is 38.1 Å². The Hall–Kier alpha value is -3.16. The van der Waals surface area contributed by atoms with Gasteiger partial charge in [0.05, 0.1) is 23.0 Å². The Bertz CT molecular complexity index is 1100. The Kier molecular flexibility index (Phi) is 9.20. The summed E-state index contributed by atoms with van der Waals surface area (Å²) in [4.78, 5) is 23.5. The standard InChI is InChI=1S/C20H26N4O7S2/c1-15-5-3-7-17(13-15)32(27,28)23-19(25)21-9-11-31-12-10-22-20(26)24-33(29,30)18-8-4-6-16(2)14-18/h3-8,13-14H,9-12H2,1-2H3,(H2,21,23,25)(H2,22,24,26). The zero-order chi connectivity index (χ0) is 24.5. The molecular formula is C20H26N4O7S2. The molecule has 0 heterocycles. The molecule has 2 rings (SSSR count). The van der Waals surface area contributed by atoms with Crippen molar-refractivity contribution in [3.63, 3.8) is 0 Å². The summed E-state index contributed by atoms with van der Waals surface area (Å²) in [6, 6.07) is 10.4. The van der Waals surface area contributed by atoms with Gasteiger partial charge >= 0.3 is 12.1 Å². The molecule has 0 aliphatic rings. The second-order valence-corrected chi connectivity index (χ2v) is 10.3. The highest BCUT2D eigenvalue weighted by molar-refractivity contribution is 7.90. The molecule has 180 valence electrons. The number of nitrogens with one attached hydrogen (secondary N) is 4. The summed E-state index contributed by atoms with van der Waals surface area (Å²) in [5.41, 5.74) is 1.48. The van der Waals surface area contributed by atoms with E-state index < -0.39 is 32.1 Å². The molecule has 0 aliphatic heterocycles. The predicted octanol–water partition coefficient (Wildman–Crippen LogP) is 0.996. The van der Waals surface area contributed by atoms with Crippen LogP contribution in [0.15, 0.2) is 58.3 Å². The Morgan fingerprint density at radius 1 is 0.727 bits per heavy atom. The molecule has 0 fully saturated rings. The molecule has 4 amide bonds. The molecule has 0 saturated heterocycles. The smallest absolute Gasteiger partial charge is 0.328 e. The van der Waals surface area contributed by atoms with Gasteiger partial charge in [0, 0.05) is 13.1 Å². The van der Waals surface area contributed by atoms with E-state index >= 15 is 0 Å². The number of sulfonamides is 2. The highest BCUT2D eigenvalue weighted by atomic mass is 32.2. The summed E-state index contributed by atoms with van der Waals surface area (Å²) in [6.45, 7) is 3.59. The second-order valence-electron chi connectivity index (χ2n) is 6.97. The lowest BCUT2D eigenvalue weighted by atomic mass is 10.2. The van der Waals surface area contributed by atoms with Crippen LogP contribution in [0, 0.1) is 13.8 Å². The summed E-state index contributed by atoms with van der Waals surface area (Å²) in [6.07, 6.45) is 0. The fourth-order valence-corrected chi connectivity index (χ4v) is 4.64. The van der Waals surface area contributed by atoms with Crippen molar-refractivity contribution in [1.29, 1.82) is 0 Å². The largest absolute Gasteiger partial charge is 0.378 e. The SMILES string of the molecule is Cc1cccc(S(=O)(=O)NC(=O)NCCOCCNC(=O)NS(=O)(=O)c2cccc(C)c2)c1. The minimum Gasteiger partial charge on any atom is -0.378 e. The van der Waals surface area contributed by atoms with Crippen LogP contribution in [0.3, 0.4) is 0 Å². The molecule has 4 N–H and O–H groups in total. The Morgan fingerprint density at radius 3 is 1.48 bits per heavy atom. The summed E-state index contributed by atoms with van der Waals surface area (Å²) in [5, 5.41) is 4.69. The average Bonchev–Trinajstić information content (AvgIpc) is 2.72. The summed E-state index contributed by atoms with van der Waals surface area (Å²) < 4.78 is 57.6. The lowest BCUT2D eigenvalue weighted by Gasteiger charge is -2.10. The lowest BCUT2D eigenvalue weighted by molar-refractivity contribution is 0.139. The van der Waals surface area contributed by atoms with Crippen LogP contribution in [0.4, 0.5) is 9.59 Å². The first-order chi connectivity index (χ1) is 15.5.